The maximum Gasteiger partial charge on any atom is 0.210 e. The zero-order valence-corrected chi connectivity index (χ0v) is 11.2. The average molecular weight is 280 g/mol. The fraction of sp³-hybridized carbons (Fsp3) is 0.250. The molecule has 6 nitrogen and oxygen atoms in total. The number of nitrogens with one attached hydrogen (secondary N) is 1. The summed E-state index contributed by atoms with van der Waals surface area (Å²) in [5, 5.41) is 12.2. The van der Waals surface area contributed by atoms with E-state index in [9.17, 15) is 8.42 Å². The molecule has 7 heteroatoms. The van der Waals surface area contributed by atoms with Crippen LogP contribution in [0.4, 0.5) is 0 Å². The minimum absolute atomic E-state index is 0.0696. The summed E-state index contributed by atoms with van der Waals surface area (Å²) in [7, 11) is -3.40. The first kappa shape index (κ1) is 13.7. The number of para-hydroxylation sites is 1. The Morgan fingerprint density at radius 2 is 2.00 bits per heavy atom. The van der Waals surface area contributed by atoms with E-state index in [1.807, 2.05) is 36.5 Å². The topological polar surface area (TPSA) is 90.0 Å². The molecule has 0 atom stereocenters. The number of benzene rings is 1. The molecule has 0 aliphatic carbocycles. The molecule has 2 aromatic rings. The standard InChI is InChI=1S/C12H16N4O2S/c13-19(17,18)7-6-14-8-11-9-15-16(10-11)12-4-2-1-3-5-12/h1-5,9-10,14H,6-8H2,(H2,13,17,18). The van der Waals surface area contributed by atoms with Crippen LogP contribution in [0.15, 0.2) is 42.7 Å². The van der Waals surface area contributed by atoms with E-state index in [-0.39, 0.29) is 5.75 Å². The van der Waals surface area contributed by atoms with E-state index in [1.54, 1.807) is 10.9 Å². The van der Waals surface area contributed by atoms with E-state index in [4.69, 9.17) is 5.14 Å². The first-order chi connectivity index (χ1) is 9.04. The number of nitrogens with zero attached hydrogens (tertiary/aromatic N) is 2. The van der Waals surface area contributed by atoms with Gasteiger partial charge in [0.25, 0.3) is 0 Å². The summed E-state index contributed by atoms with van der Waals surface area (Å²) >= 11 is 0. The van der Waals surface area contributed by atoms with Crippen LogP contribution in [0.1, 0.15) is 5.56 Å². The van der Waals surface area contributed by atoms with Crippen molar-refractivity contribution in [2.75, 3.05) is 12.3 Å². The van der Waals surface area contributed by atoms with Gasteiger partial charge in [-0.05, 0) is 12.1 Å². The van der Waals surface area contributed by atoms with Crippen molar-refractivity contribution in [2.24, 2.45) is 5.14 Å². The first-order valence-electron chi connectivity index (χ1n) is 5.85. The van der Waals surface area contributed by atoms with Crippen LogP contribution in [0, 0.1) is 0 Å². The van der Waals surface area contributed by atoms with Crippen LogP contribution < -0.4 is 10.5 Å². The van der Waals surface area contributed by atoms with Crippen LogP contribution in [0.5, 0.6) is 0 Å². The summed E-state index contributed by atoms with van der Waals surface area (Å²) in [5.74, 6) is -0.0696. The fourth-order valence-corrected chi connectivity index (χ4v) is 2.05. The van der Waals surface area contributed by atoms with Crippen molar-refractivity contribution in [1.29, 1.82) is 0 Å². The predicted molar refractivity (Wildman–Crippen MR) is 73.2 cm³/mol. The molecule has 0 fully saturated rings. The summed E-state index contributed by atoms with van der Waals surface area (Å²) in [4.78, 5) is 0. The largest absolute Gasteiger partial charge is 0.311 e. The zero-order chi connectivity index (χ0) is 13.7. The second-order valence-corrected chi connectivity index (χ2v) is 5.91. The minimum Gasteiger partial charge on any atom is -0.311 e. The molecule has 2 rings (SSSR count). The van der Waals surface area contributed by atoms with E-state index < -0.39 is 10.0 Å². The van der Waals surface area contributed by atoms with Gasteiger partial charge in [-0.25, -0.2) is 18.2 Å². The molecule has 102 valence electrons. The summed E-state index contributed by atoms with van der Waals surface area (Å²) in [6, 6.07) is 9.77. The highest BCUT2D eigenvalue weighted by atomic mass is 32.2. The number of nitrogens with two attached hydrogens (primary N) is 1. The van der Waals surface area contributed by atoms with Crippen molar-refractivity contribution in [2.45, 2.75) is 6.54 Å². The van der Waals surface area contributed by atoms with Gasteiger partial charge in [0.1, 0.15) is 0 Å². The van der Waals surface area contributed by atoms with Crippen LogP contribution in [0.2, 0.25) is 0 Å². The number of hydrogen-bond acceptors (Lipinski definition) is 4. The molecule has 0 bridgehead atoms. The Bertz CT molecular complexity index is 622. The second kappa shape index (κ2) is 5.96. The third kappa shape index (κ3) is 4.47. The van der Waals surface area contributed by atoms with E-state index in [1.165, 1.54) is 0 Å². The van der Waals surface area contributed by atoms with Gasteiger partial charge in [-0.15, -0.1) is 0 Å². The molecule has 1 aromatic carbocycles. The Labute approximate surface area is 112 Å². The average Bonchev–Trinajstić information content (AvgIpc) is 2.83. The van der Waals surface area contributed by atoms with Crippen LogP contribution in [-0.2, 0) is 16.6 Å². The third-order valence-corrected chi connectivity index (χ3v) is 3.32. The second-order valence-electron chi connectivity index (χ2n) is 4.17. The lowest BCUT2D eigenvalue weighted by Crippen LogP contribution is -2.26. The zero-order valence-electron chi connectivity index (χ0n) is 10.4. The monoisotopic (exact) mass is 280 g/mol. The van der Waals surface area contributed by atoms with E-state index in [0.717, 1.165) is 11.3 Å². The first-order valence-corrected chi connectivity index (χ1v) is 7.56. The number of hydrogen-bond donors (Lipinski definition) is 2. The summed E-state index contributed by atoms with van der Waals surface area (Å²) in [5.41, 5.74) is 1.97. The summed E-state index contributed by atoms with van der Waals surface area (Å²) in [6.45, 7) is 0.887. The molecule has 0 aliphatic heterocycles. The molecule has 0 spiro atoms. The highest BCUT2D eigenvalue weighted by Gasteiger charge is 2.03. The van der Waals surface area contributed by atoms with Crippen molar-refractivity contribution in [3.8, 4) is 5.69 Å². The van der Waals surface area contributed by atoms with Gasteiger partial charge in [-0.1, -0.05) is 18.2 Å². The predicted octanol–water partition coefficient (Wildman–Crippen LogP) is 0.250. The Morgan fingerprint density at radius 1 is 1.26 bits per heavy atom. The minimum atomic E-state index is -3.40. The molecule has 0 saturated carbocycles. The molecule has 0 aliphatic rings. The van der Waals surface area contributed by atoms with Gasteiger partial charge in [0.05, 0.1) is 17.6 Å². The molecule has 0 amide bonds. The Balaban J connectivity index is 1.88. The summed E-state index contributed by atoms with van der Waals surface area (Å²) in [6.07, 6.45) is 3.65. The van der Waals surface area contributed by atoms with Gasteiger partial charge >= 0.3 is 0 Å². The molecule has 1 heterocycles. The van der Waals surface area contributed by atoms with Crippen LogP contribution in [0.3, 0.4) is 0 Å². The number of rotatable bonds is 6. The lowest BCUT2D eigenvalue weighted by molar-refractivity contribution is 0.592. The number of aromatic nitrogens is 2. The molecule has 1 aromatic heterocycles. The van der Waals surface area contributed by atoms with Gasteiger partial charge < -0.3 is 5.32 Å². The van der Waals surface area contributed by atoms with Crippen molar-refractivity contribution < 1.29 is 8.42 Å². The quantitative estimate of drug-likeness (QED) is 0.742. The molecule has 19 heavy (non-hydrogen) atoms. The van der Waals surface area contributed by atoms with Crippen LogP contribution >= 0.6 is 0 Å². The lowest BCUT2D eigenvalue weighted by atomic mass is 10.3. The van der Waals surface area contributed by atoms with Gasteiger partial charge in [0, 0.05) is 24.8 Å². The van der Waals surface area contributed by atoms with Gasteiger partial charge in [-0.2, -0.15) is 5.10 Å². The SMILES string of the molecule is NS(=O)(=O)CCNCc1cnn(-c2ccccc2)c1. The third-order valence-electron chi connectivity index (χ3n) is 2.55. The van der Waals surface area contributed by atoms with Crippen molar-refractivity contribution in [1.82, 2.24) is 15.1 Å². The number of primary sulfonamides is 1. The number of sulfonamides is 1. The van der Waals surface area contributed by atoms with Crippen molar-refractivity contribution >= 4 is 10.0 Å². The van der Waals surface area contributed by atoms with Crippen LogP contribution in [-0.4, -0.2) is 30.5 Å². The van der Waals surface area contributed by atoms with Crippen molar-refractivity contribution in [3.63, 3.8) is 0 Å². The maximum atomic E-state index is 10.8. The summed E-state index contributed by atoms with van der Waals surface area (Å²) < 4.78 is 23.3. The lowest BCUT2D eigenvalue weighted by Gasteiger charge is -2.01. The maximum absolute atomic E-state index is 10.8. The Morgan fingerprint density at radius 3 is 2.68 bits per heavy atom. The van der Waals surface area contributed by atoms with Crippen LogP contribution in [0.25, 0.3) is 5.69 Å². The normalized spacial score (nSPS) is 11.6. The molecule has 0 radical (unpaired) electrons. The molecular weight excluding hydrogens is 264 g/mol. The molecular formula is C12H16N4O2S. The van der Waals surface area contributed by atoms with E-state index in [2.05, 4.69) is 10.4 Å². The Kier molecular flexibility index (Phi) is 4.31. The van der Waals surface area contributed by atoms with Gasteiger partial charge in [0.15, 0.2) is 0 Å². The van der Waals surface area contributed by atoms with Gasteiger partial charge in [0.2, 0.25) is 10.0 Å². The van der Waals surface area contributed by atoms with Crippen molar-refractivity contribution in [3.05, 3.63) is 48.3 Å². The fourth-order valence-electron chi connectivity index (χ4n) is 1.62. The highest BCUT2D eigenvalue weighted by molar-refractivity contribution is 7.89. The molecule has 3 N–H and O–H groups in total. The molecule has 0 saturated heterocycles. The highest BCUT2D eigenvalue weighted by Crippen LogP contribution is 2.07. The van der Waals surface area contributed by atoms with Gasteiger partial charge in [-0.3, -0.25) is 0 Å². The smallest absolute Gasteiger partial charge is 0.210 e. The Hall–Kier alpha value is -1.70. The molecule has 0 unspecified atom stereocenters. The van der Waals surface area contributed by atoms with E-state index in [0.29, 0.717) is 13.1 Å². The van der Waals surface area contributed by atoms with E-state index >= 15 is 0 Å².